The van der Waals surface area contributed by atoms with E-state index in [4.69, 9.17) is 25.1 Å². The highest BCUT2D eigenvalue weighted by atomic mass is 16.7. The molecule has 0 aromatic heterocycles. The lowest BCUT2D eigenvalue weighted by atomic mass is 9.96. The molecule has 0 saturated carbocycles. The van der Waals surface area contributed by atoms with Gasteiger partial charge in [-0.1, -0.05) is 0 Å². The molecule has 0 spiro atoms. The molecule has 2 aliphatic heterocycles. The van der Waals surface area contributed by atoms with Crippen molar-refractivity contribution in [2.75, 3.05) is 13.2 Å². The number of nitrogens with one attached hydrogen (secondary N) is 1. The molecule has 14 heteroatoms. The van der Waals surface area contributed by atoms with Crippen molar-refractivity contribution in [1.82, 2.24) is 5.32 Å². The van der Waals surface area contributed by atoms with Gasteiger partial charge in [-0.05, 0) is 0 Å². The number of nitrogens with two attached hydrogens (primary N) is 1. The summed E-state index contributed by atoms with van der Waals surface area (Å²) in [5, 5.41) is 70.3. The summed E-state index contributed by atoms with van der Waals surface area (Å²) in [5.74, 6) is 0. The van der Waals surface area contributed by atoms with E-state index in [2.05, 4.69) is 0 Å². The maximum absolute atomic E-state index is 10.9. The molecule has 2 heterocycles. The number of ether oxygens (including phenoxy) is 3. The number of carbonyl (C=O) groups excluding carboxylic acids is 1. The molecule has 10 atom stereocenters. The van der Waals surface area contributed by atoms with Crippen molar-refractivity contribution >= 4 is 6.03 Å². The van der Waals surface area contributed by atoms with Crippen molar-refractivity contribution in [2.24, 2.45) is 5.73 Å². The number of rotatable bonds is 5. The second-order valence-electron chi connectivity index (χ2n) is 6.07. The first-order chi connectivity index (χ1) is 12.2. The van der Waals surface area contributed by atoms with E-state index in [0.717, 1.165) is 0 Å². The van der Waals surface area contributed by atoms with Gasteiger partial charge in [-0.3, -0.25) is 0 Å². The normalized spacial score (nSPS) is 45.0. The molecule has 2 saturated heterocycles. The molecule has 12 N–H and O–H groups in total. The first-order valence-electron chi connectivity index (χ1n) is 7.85. The topological polar surface area (TPSA) is 256 Å². The minimum atomic E-state index is -1.75. The van der Waals surface area contributed by atoms with E-state index in [1.807, 2.05) is 5.32 Å². The van der Waals surface area contributed by atoms with E-state index in [1.165, 1.54) is 0 Å². The van der Waals surface area contributed by atoms with Gasteiger partial charge < -0.3 is 66.5 Å². The zero-order valence-corrected chi connectivity index (χ0v) is 14.0. The Morgan fingerprint density at radius 1 is 0.889 bits per heavy atom. The number of carbonyl (C=O) groups is 1. The summed E-state index contributed by atoms with van der Waals surface area (Å²) in [5.41, 5.74) is 4.93. The van der Waals surface area contributed by atoms with Crippen LogP contribution in [0, 0.1) is 0 Å². The standard InChI is InChI=1S/C13H24N2O11.H2O/c14-13(23)15-11-8(21)7(20)10(4(2-17)24-11)26-12-9(22)6(19)5(18)3(1-16)25-12;/h3-12,16-22H,1-2H2,(H3,14,15,23);1H2/t3-,4-,5+,6+,7-,8-,9-,10-,11?,12+;/m1./s1. The lowest BCUT2D eigenvalue weighted by Crippen LogP contribution is -2.66. The molecule has 0 bridgehead atoms. The summed E-state index contributed by atoms with van der Waals surface area (Å²) >= 11 is 0. The van der Waals surface area contributed by atoms with Crippen LogP contribution in [-0.2, 0) is 14.2 Å². The van der Waals surface area contributed by atoms with E-state index in [9.17, 15) is 35.4 Å². The van der Waals surface area contributed by atoms with Crippen LogP contribution in [0.15, 0.2) is 0 Å². The van der Waals surface area contributed by atoms with Crippen LogP contribution >= 0.6 is 0 Å². The summed E-state index contributed by atoms with van der Waals surface area (Å²) < 4.78 is 15.7. The van der Waals surface area contributed by atoms with Gasteiger partial charge in [-0.2, -0.15) is 0 Å². The Labute approximate surface area is 153 Å². The van der Waals surface area contributed by atoms with Crippen LogP contribution in [0.4, 0.5) is 4.79 Å². The molecule has 14 nitrogen and oxygen atoms in total. The fourth-order valence-corrected chi connectivity index (χ4v) is 2.85. The minimum absolute atomic E-state index is 0. The lowest BCUT2D eigenvalue weighted by molar-refractivity contribution is -0.342. The van der Waals surface area contributed by atoms with Crippen molar-refractivity contribution < 1.29 is 60.2 Å². The van der Waals surface area contributed by atoms with Gasteiger partial charge in [-0.25, -0.2) is 4.79 Å². The van der Waals surface area contributed by atoms with Gasteiger partial charge in [-0.15, -0.1) is 0 Å². The SMILES string of the molecule is NC(=O)NC1O[C@H](CO)[C@@H](O[C@@H]2O[C@H](CO)[C@H](O)[C@H](O)[C@H]2O)[C@H](O)[C@H]1O.O. The maximum Gasteiger partial charge on any atom is 0.314 e. The van der Waals surface area contributed by atoms with Crippen molar-refractivity contribution in [2.45, 2.75) is 61.3 Å². The molecular weight excluding hydrogens is 376 g/mol. The van der Waals surface area contributed by atoms with Crippen LogP contribution in [0.5, 0.6) is 0 Å². The molecule has 1 unspecified atom stereocenters. The van der Waals surface area contributed by atoms with Gasteiger partial charge in [0.25, 0.3) is 0 Å². The minimum Gasteiger partial charge on any atom is -0.412 e. The number of amides is 2. The van der Waals surface area contributed by atoms with E-state index >= 15 is 0 Å². The molecule has 27 heavy (non-hydrogen) atoms. The molecule has 2 aliphatic rings. The molecule has 2 fully saturated rings. The molecule has 0 aliphatic carbocycles. The van der Waals surface area contributed by atoms with Crippen LogP contribution in [0.1, 0.15) is 0 Å². The van der Waals surface area contributed by atoms with Crippen molar-refractivity contribution in [1.29, 1.82) is 0 Å². The van der Waals surface area contributed by atoms with E-state index in [-0.39, 0.29) is 5.48 Å². The van der Waals surface area contributed by atoms with Crippen LogP contribution < -0.4 is 11.1 Å². The predicted molar refractivity (Wildman–Crippen MR) is 82.7 cm³/mol. The lowest BCUT2D eigenvalue weighted by Gasteiger charge is -2.46. The Kier molecular flexibility index (Phi) is 8.71. The number of hydrogen-bond acceptors (Lipinski definition) is 11. The van der Waals surface area contributed by atoms with Crippen molar-refractivity contribution in [3.8, 4) is 0 Å². The quantitative estimate of drug-likeness (QED) is 0.209. The average Bonchev–Trinajstić information content (AvgIpc) is 2.60. The first kappa shape index (κ1) is 23.9. The number of urea groups is 1. The van der Waals surface area contributed by atoms with Gasteiger partial charge in [0.15, 0.2) is 12.5 Å². The molecule has 2 rings (SSSR count). The van der Waals surface area contributed by atoms with E-state index < -0.39 is 80.6 Å². The number of hydrogen-bond donors (Lipinski definition) is 9. The van der Waals surface area contributed by atoms with Crippen LogP contribution in [0.25, 0.3) is 0 Å². The molecule has 0 aromatic carbocycles. The van der Waals surface area contributed by atoms with E-state index in [1.54, 1.807) is 0 Å². The molecular formula is C13H26N2O12. The molecule has 2 amide bonds. The second-order valence-corrected chi connectivity index (χ2v) is 6.07. The van der Waals surface area contributed by atoms with Crippen LogP contribution in [0.3, 0.4) is 0 Å². The highest BCUT2D eigenvalue weighted by molar-refractivity contribution is 5.71. The van der Waals surface area contributed by atoms with Crippen molar-refractivity contribution in [3.05, 3.63) is 0 Å². The average molecular weight is 402 g/mol. The van der Waals surface area contributed by atoms with Gasteiger partial charge in [0.05, 0.1) is 13.2 Å². The molecule has 0 radical (unpaired) electrons. The molecule has 0 aromatic rings. The van der Waals surface area contributed by atoms with Gasteiger partial charge in [0.1, 0.15) is 48.8 Å². The predicted octanol–water partition coefficient (Wildman–Crippen LogP) is -6.55. The highest BCUT2D eigenvalue weighted by Crippen LogP contribution is 2.28. The first-order valence-corrected chi connectivity index (χ1v) is 7.85. The zero-order chi connectivity index (χ0) is 19.6. The Bertz CT molecular complexity index is 480. The fourth-order valence-electron chi connectivity index (χ4n) is 2.85. The highest BCUT2D eigenvalue weighted by Gasteiger charge is 2.50. The Hall–Kier alpha value is -1.17. The largest absolute Gasteiger partial charge is 0.412 e. The van der Waals surface area contributed by atoms with Gasteiger partial charge in [0.2, 0.25) is 0 Å². The smallest absolute Gasteiger partial charge is 0.314 e. The van der Waals surface area contributed by atoms with Crippen LogP contribution in [-0.4, -0.2) is 122 Å². The second kappa shape index (κ2) is 9.85. The summed E-state index contributed by atoms with van der Waals surface area (Å²) in [6.45, 7) is -1.39. The number of aliphatic hydroxyl groups is 7. The Morgan fingerprint density at radius 3 is 2.00 bits per heavy atom. The fraction of sp³-hybridized carbons (Fsp3) is 0.923. The summed E-state index contributed by atoms with van der Waals surface area (Å²) in [4.78, 5) is 10.9. The Balaban J connectivity index is 0.00000364. The third-order valence-electron chi connectivity index (χ3n) is 4.29. The summed E-state index contributed by atoms with van der Waals surface area (Å²) in [6.07, 6.45) is -15.5. The van der Waals surface area contributed by atoms with E-state index in [0.29, 0.717) is 0 Å². The third-order valence-corrected chi connectivity index (χ3v) is 4.29. The van der Waals surface area contributed by atoms with Crippen molar-refractivity contribution in [3.63, 3.8) is 0 Å². The molecule has 160 valence electrons. The maximum atomic E-state index is 10.9. The van der Waals surface area contributed by atoms with Gasteiger partial charge in [0, 0.05) is 0 Å². The number of aliphatic hydroxyl groups excluding tert-OH is 7. The van der Waals surface area contributed by atoms with Gasteiger partial charge >= 0.3 is 6.03 Å². The summed E-state index contributed by atoms with van der Waals surface area (Å²) in [6, 6.07) is -1.04. The van der Waals surface area contributed by atoms with Crippen LogP contribution in [0.2, 0.25) is 0 Å². The third kappa shape index (κ3) is 5.01. The summed E-state index contributed by atoms with van der Waals surface area (Å²) in [7, 11) is 0. The Morgan fingerprint density at radius 2 is 1.48 bits per heavy atom. The monoisotopic (exact) mass is 402 g/mol. The zero-order valence-electron chi connectivity index (χ0n) is 14.0. The number of primary amides is 1.